The number of halogens is 2. The van der Waals surface area contributed by atoms with E-state index in [4.69, 9.17) is 24.3 Å². The summed E-state index contributed by atoms with van der Waals surface area (Å²) in [4.78, 5) is 24.3. The SMILES string of the molecule is CC(C)OC(=O)[C@H](C)NP(=O)(OC[C@H]1O[C@@H](n2cnc3c(N)ncnc32)[C@](F)(Br)[C@@H]1O)Oc1ccccc1. The quantitative estimate of drug-likeness (QED) is 0.173. The Morgan fingerprint density at radius 3 is 2.71 bits per heavy atom. The molecule has 0 aliphatic carbocycles. The van der Waals surface area contributed by atoms with Crippen molar-refractivity contribution in [1.29, 1.82) is 0 Å². The van der Waals surface area contributed by atoms with Gasteiger partial charge in [0.25, 0.3) is 0 Å². The topological polar surface area (TPSA) is 173 Å². The molecule has 1 fully saturated rings. The van der Waals surface area contributed by atoms with Crippen molar-refractivity contribution in [2.24, 2.45) is 0 Å². The maximum atomic E-state index is 15.7. The summed E-state index contributed by atoms with van der Waals surface area (Å²) >= 11 is 2.90. The molecule has 1 aliphatic heterocycles. The van der Waals surface area contributed by atoms with Crippen molar-refractivity contribution >= 4 is 46.6 Å². The number of alkyl halides is 2. The zero-order valence-electron chi connectivity index (χ0n) is 20.6. The Labute approximate surface area is 225 Å². The van der Waals surface area contributed by atoms with Gasteiger partial charge in [-0.05, 0) is 48.8 Å². The number of benzene rings is 1. The summed E-state index contributed by atoms with van der Waals surface area (Å²) in [5.74, 6) is -0.420. The fourth-order valence-corrected chi connectivity index (χ4v) is 5.78. The standard InChI is InChI=1S/C22H27BrFN6O7P/c1-12(2)35-20(32)13(3)29-38(33,37-14-7-5-4-6-8-14)34-9-15-17(31)22(23,24)21(36-15)30-11-28-16-18(25)26-10-27-19(16)30/h4-8,10-13,15,17,21,31H,9H2,1-3H3,(H,29,33)(H2,25,26,27)/t13-,15+,17+,21+,22-,38?/m0/s1. The molecule has 4 rings (SSSR count). The number of para-hydroxylation sites is 1. The van der Waals surface area contributed by atoms with Gasteiger partial charge in [-0.3, -0.25) is 13.9 Å². The fraction of sp³-hybridized carbons (Fsp3) is 0.455. The molecular formula is C22H27BrFN6O7P. The molecule has 0 bridgehead atoms. The lowest BCUT2D eigenvalue weighted by Gasteiger charge is -2.25. The van der Waals surface area contributed by atoms with Gasteiger partial charge in [0.15, 0.2) is 17.7 Å². The molecule has 0 radical (unpaired) electrons. The number of hydrogen-bond donors (Lipinski definition) is 3. The highest BCUT2D eigenvalue weighted by atomic mass is 79.9. The summed E-state index contributed by atoms with van der Waals surface area (Å²) < 4.78 is 50.1. The van der Waals surface area contributed by atoms with E-state index in [1.165, 1.54) is 36.3 Å². The Morgan fingerprint density at radius 2 is 2.03 bits per heavy atom. The number of aromatic nitrogens is 4. The summed E-state index contributed by atoms with van der Waals surface area (Å²) in [6.45, 7) is 4.18. The molecule has 1 aliphatic rings. The van der Waals surface area contributed by atoms with Gasteiger partial charge in [0.2, 0.25) is 4.58 Å². The highest BCUT2D eigenvalue weighted by molar-refractivity contribution is 9.10. The lowest BCUT2D eigenvalue weighted by molar-refractivity contribution is -0.149. The van der Waals surface area contributed by atoms with E-state index in [9.17, 15) is 14.5 Å². The largest absolute Gasteiger partial charge is 0.462 e. The number of nitrogen functional groups attached to an aromatic ring is 1. The molecule has 0 saturated carbocycles. The van der Waals surface area contributed by atoms with Crippen LogP contribution >= 0.6 is 23.7 Å². The first kappa shape index (κ1) is 28.3. The molecule has 16 heteroatoms. The number of nitrogens with zero attached hydrogens (tertiary/aromatic N) is 4. The maximum absolute atomic E-state index is 15.7. The van der Waals surface area contributed by atoms with E-state index in [1.807, 2.05) is 0 Å². The van der Waals surface area contributed by atoms with Gasteiger partial charge >= 0.3 is 13.7 Å². The first-order valence-electron chi connectivity index (χ1n) is 11.5. The monoisotopic (exact) mass is 616 g/mol. The van der Waals surface area contributed by atoms with E-state index in [0.717, 1.165) is 0 Å². The maximum Gasteiger partial charge on any atom is 0.459 e. The summed E-state index contributed by atoms with van der Waals surface area (Å²) in [7, 11) is -4.28. The van der Waals surface area contributed by atoms with Gasteiger partial charge < -0.3 is 24.8 Å². The molecule has 0 spiro atoms. The molecule has 38 heavy (non-hydrogen) atoms. The van der Waals surface area contributed by atoms with Crippen molar-refractivity contribution in [1.82, 2.24) is 24.6 Å². The van der Waals surface area contributed by atoms with Gasteiger partial charge in [0, 0.05) is 0 Å². The van der Waals surface area contributed by atoms with E-state index in [1.54, 1.807) is 32.0 Å². The highest BCUT2D eigenvalue weighted by Gasteiger charge is 2.57. The first-order chi connectivity index (χ1) is 17.9. The van der Waals surface area contributed by atoms with Crippen LogP contribution in [0.3, 0.4) is 0 Å². The van der Waals surface area contributed by atoms with Crippen LogP contribution in [0.2, 0.25) is 0 Å². The van der Waals surface area contributed by atoms with Crippen LogP contribution in [0, 0.1) is 0 Å². The normalized spacial score (nSPS) is 25.8. The Hall–Kier alpha value is -2.68. The van der Waals surface area contributed by atoms with Crippen molar-refractivity contribution < 1.29 is 37.4 Å². The first-order valence-corrected chi connectivity index (χ1v) is 13.9. The predicted molar refractivity (Wildman–Crippen MR) is 137 cm³/mol. The molecule has 1 unspecified atom stereocenters. The second-order valence-electron chi connectivity index (χ2n) is 8.76. The van der Waals surface area contributed by atoms with Crippen LogP contribution in [-0.2, 0) is 23.4 Å². The summed E-state index contributed by atoms with van der Waals surface area (Å²) in [5, 5.41) is 13.2. The third-order valence-corrected chi connectivity index (χ3v) is 7.96. The fourth-order valence-electron chi connectivity index (χ4n) is 3.65. The second kappa shape index (κ2) is 11.2. The van der Waals surface area contributed by atoms with Gasteiger partial charge in [-0.15, -0.1) is 0 Å². The highest BCUT2D eigenvalue weighted by Crippen LogP contribution is 2.50. The van der Waals surface area contributed by atoms with E-state index >= 15 is 4.39 Å². The average Bonchev–Trinajstić information content (AvgIpc) is 3.37. The molecule has 1 aromatic carbocycles. The number of fused-ring (bicyclic) bond motifs is 1. The van der Waals surface area contributed by atoms with E-state index < -0.39 is 55.5 Å². The summed E-state index contributed by atoms with van der Waals surface area (Å²) in [6.07, 6.45) is -2.53. The van der Waals surface area contributed by atoms with Crippen molar-refractivity contribution in [2.45, 2.75) is 55.9 Å². The number of aliphatic hydroxyl groups is 1. The Balaban J connectivity index is 1.54. The van der Waals surface area contributed by atoms with Crippen molar-refractivity contribution in [3.63, 3.8) is 0 Å². The number of esters is 1. The van der Waals surface area contributed by atoms with Crippen LogP contribution in [0.5, 0.6) is 5.75 Å². The van der Waals surface area contributed by atoms with Crippen molar-refractivity contribution in [3.8, 4) is 5.75 Å². The second-order valence-corrected chi connectivity index (χ2v) is 11.7. The smallest absolute Gasteiger partial charge is 0.459 e. The molecule has 206 valence electrons. The third-order valence-electron chi connectivity index (χ3n) is 5.45. The molecule has 0 amide bonds. The number of anilines is 1. The molecular weight excluding hydrogens is 590 g/mol. The lowest BCUT2D eigenvalue weighted by Crippen LogP contribution is -2.39. The van der Waals surface area contributed by atoms with Crippen LogP contribution in [0.15, 0.2) is 43.0 Å². The van der Waals surface area contributed by atoms with Gasteiger partial charge in [-0.25, -0.2) is 23.9 Å². The van der Waals surface area contributed by atoms with Gasteiger partial charge in [0.1, 0.15) is 35.8 Å². The number of aliphatic hydroxyl groups excluding tert-OH is 1. The average molecular weight is 617 g/mol. The number of nitrogens with one attached hydrogen (secondary N) is 1. The van der Waals surface area contributed by atoms with Gasteiger partial charge in [-0.2, -0.15) is 5.09 Å². The Kier molecular flexibility index (Phi) is 8.35. The summed E-state index contributed by atoms with van der Waals surface area (Å²) in [6, 6.07) is 7.01. The number of rotatable bonds is 10. The molecule has 13 nitrogen and oxygen atoms in total. The van der Waals surface area contributed by atoms with Crippen LogP contribution < -0.4 is 15.3 Å². The Morgan fingerprint density at radius 1 is 1.32 bits per heavy atom. The zero-order chi connectivity index (χ0) is 27.7. The number of imidazole rings is 1. The molecule has 6 atom stereocenters. The number of carbonyl (C=O) groups excluding carboxylic acids is 1. The summed E-state index contributed by atoms with van der Waals surface area (Å²) in [5.41, 5.74) is 6.21. The zero-order valence-corrected chi connectivity index (χ0v) is 23.1. The van der Waals surface area contributed by atoms with Crippen LogP contribution in [-0.4, -0.2) is 66.1 Å². The molecule has 1 saturated heterocycles. The molecule has 3 heterocycles. The van der Waals surface area contributed by atoms with Crippen LogP contribution in [0.1, 0.15) is 27.0 Å². The number of carbonyl (C=O) groups is 1. The number of nitrogens with two attached hydrogens (primary N) is 1. The minimum absolute atomic E-state index is 0.0846. The molecule has 4 N–H and O–H groups in total. The lowest BCUT2D eigenvalue weighted by atomic mass is 10.1. The van der Waals surface area contributed by atoms with Gasteiger partial charge in [-0.1, -0.05) is 18.2 Å². The third kappa shape index (κ3) is 5.98. The van der Waals surface area contributed by atoms with Gasteiger partial charge in [0.05, 0.1) is 19.0 Å². The minimum atomic E-state index is -4.28. The number of hydrogen-bond acceptors (Lipinski definition) is 11. The Bertz CT molecular complexity index is 1330. The predicted octanol–water partition coefficient (Wildman–Crippen LogP) is 2.86. The number of ether oxygens (including phenoxy) is 2. The van der Waals surface area contributed by atoms with Crippen LogP contribution in [0.4, 0.5) is 10.2 Å². The van der Waals surface area contributed by atoms with Crippen LogP contribution in [0.25, 0.3) is 11.2 Å². The molecule has 2 aromatic heterocycles. The van der Waals surface area contributed by atoms with Crippen molar-refractivity contribution in [3.05, 3.63) is 43.0 Å². The van der Waals surface area contributed by atoms with Crippen molar-refractivity contribution in [2.75, 3.05) is 12.3 Å². The van der Waals surface area contributed by atoms with E-state index in [-0.39, 0.29) is 22.7 Å². The molecule has 3 aromatic rings. The minimum Gasteiger partial charge on any atom is -0.462 e. The van der Waals surface area contributed by atoms with E-state index in [0.29, 0.717) is 0 Å². The van der Waals surface area contributed by atoms with E-state index in [2.05, 4.69) is 36.0 Å².